The molecule has 0 aliphatic rings. The van der Waals surface area contributed by atoms with Crippen LogP contribution in [-0.4, -0.2) is 25.0 Å². The minimum atomic E-state index is -1.24. The van der Waals surface area contributed by atoms with Gasteiger partial charge in [-0.1, -0.05) is 19.9 Å². The normalized spacial score (nSPS) is 12.1. The number of hydrogen-bond acceptors (Lipinski definition) is 3. The van der Waals surface area contributed by atoms with E-state index in [4.69, 9.17) is 0 Å². The van der Waals surface area contributed by atoms with Gasteiger partial charge < -0.3 is 10.1 Å². The molecule has 1 rings (SSSR count). The van der Waals surface area contributed by atoms with Crippen molar-refractivity contribution in [3.63, 3.8) is 0 Å². The fraction of sp³-hybridized carbons (Fsp3) is 0.385. The topological polar surface area (TPSA) is 55.4 Å². The zero-order chi connectivity index (χ0) is 14.6. The second-order valence-corrected chi connectivity index (χ2v) is 4.32. The predicted octanol–water partition coefficient (Wildman–Crippen LogP) is 1.89. The predicted molar refractivity (Wildman–Crippen MR) is 64.5 cm³/mol. The molecule has 1 atom stereocenters. The molecule has 6 heteroatoms. The number of nitrogens with one attached hydrogen (secondary N) is 1. The van der Waals surface area contributed by atoms with Crippen LogP contribution in [0.4, 0.5) is 8.78 Å². The van der Waals surface area contributed by atoms with E-state index in [1.54, 1.807) is 13.8 Å². The first-order valence-corrected chi connectivity index (χ1v) is 5.71. The van der Waals surface area contributed by atoms with Crippen LogP contribution in [0.5, 0.6) is 0 Å². The summed E-state index contributed by atoms with van der Waals surface area (Å²) in [5.41, 5.74) is -0.449. The van der Waals surface area contributed by atoms with Crippen molar-refractivity contribution >= 4 is 11.9 Å². The molecule has 0 heterocycles. The molecular formula is C13H15F2NO3. The van der Waals surface area contributed by atoms with E-state index >= 15 is 0 Å². The van der Waals surface area contributed by atoms with E-state index in [-0.39, 0.29) is 5.92 Å². The summed E-state index contributed by atoms with van der Waals surface area (Å²) >= 11 is 0. The Morgan fingerprint density at radius 1 is 1.26 bits per heavy atom. The van der Waals surface area contributed by atoms with E-state index in [2.05, 4.69) is 10.1 Å². The first-order valence-electron chi connectivity index (χ1n) is 5.71. The lowest BCUT2D eigenvalue weighted by Gasteiger charge is -2.19. The summed E-state index contributed by atoms with van der Waals surface area (Å²) in [7, 11) is 1.19. The van der Waals surface area contributed by atoms with E-state index < -0.39 is 35.1 Å². The van der Waals surface area contributed by atoms with E-state index in [0.29, 0.717) is 0 Å². The summed E-state index contributed by atoms with van der Waals surface area (Å²) in [6.07, 6.45) is 0. The molecule has 0 bridgehead atoms. The Labute approximate surface area is 109 Å². The Balaban J connectivity index is 2.94. The number of rotatable bonds is 4. The average Bonchev–Trinajstić information content (AvgIpc) is 2.37. The third-order valence-corrected chi connectivity index (χ3v) is 2.60. The Hall–Kier alpha value is -1.98. The summed E-state index contributed by atoms with van der Waals surface area (Å²) in [5.74, 6) is -4.10. The number of esters is 1. The number of halogens is 2. The van der Waals surface area contributed by atoms with Gasteiger partial charge in [0.2, 0.25) is 0 Å². The van der Waals surface area contributed by atoms with Crippen LogP contribution in [0.2, 0.25) is 0 Å². The van der Waals surface area contributed by atoms with Gasteiger partial charge in [0.1, 0.15) is 6.04 Å². The summed E-state index contributed by atoms with van der Waals surface area (Å²) in [5, 5.41) is 2.33. The maximum atomic E-state index is 13.4. The highest BCUT2D eigenvalue weighted by Crippen LogP contribution is 2.12. The van der Waals surface area contributed by atoms with Crippen molar-refractivity contribution in [2.45, 2.75) is 19.9 Å². The average molecular weight is 271 g/mol. The molecule has 0 radical (unpaired) electrons. The minimum Gasteiger partial charge on any atom is -0.467 e. The van der Waals surface area contributed by atoms with Gasteiger partial charge in [0, 0.05) is 0 Å². The molecule has 0 aromatic heterocycles. The zero-order valence-electron chi connectivity index (χ0n) is 10.9. The van der Waals surface area contributed by atoms with E-state index in [1.807, 2.05) is 0 Å². The van der Waals surface area contributed by atoms with Gasteiger partial charge in [-0.05, 0) is 18.1 Å². The van der Waals surface area contributed by atoms with Gasteiger partial charge in [-0.25, -0.2) is 13.6 Å². The molecule has 4 nitrogen and oxygen atoms in total. The van der Waals surface area contributed by atoms with E-state index in [9.17, 15) is 18.4 Å². The number of benzene rings is 1. The van der Waals surface area contributed by atoms with Crippen molar-refractivity contribution < 1.29 is 23.1 Å². The van der Waals surface area contributed by atoms with Gasteiger partial charge in [0.15, 0.2) is 11.6 Å². The quantitative estimate of drug-likeness (QED) is 0.851. The monoisotopic (exact) mass is 271 g/mol. The number of amides is 1. The first-order chi connectivity index (χ1) is 8.88. The molecule has 0 spiro atoms. The smallest absolute Gasteiger partial charge is 0.328 e. The van der Waals surface area contributed by atoms with Crippen LogP contribution in [0.15, 0.2) is 18.2 Å². The van der Waals surface area contributed by atoms with Crippen LogP contribution in [-0.2, 0) is 9.53 Å². The fourth-order valence-corrected chi connectivity index (χ4v) is 1.52. The van der Waals surface area contributed by atoms with Crippen LogP contribution in [0.25, 0.3) is 0 Å². The molecule has 19 heavy (non-hydrogen) atoms. The van der Waals surface area contributed by atoms with Crippen LogP contribution in [0.1, 0.15) is 24.2 Å². The molecule has 0 unspecified atom stereocenters. The lowest BCUT2D eigenvalue weighted by atomic mass is 10.0. The molecule has 1 aromatic rings. The fourth-order valence-electron chi connectivity index (χ4n) is 1.52. The third kappa shape index (κ3) is 3.49. The maximum Gasteiger partial charge on any atom is 0.328 e. The SMILES string of the molecule is COC(=O)[C@@H](NC(=O)c1cccc(F)c1F)C(C)C. The van der Waals surface area contributed by atoms with Gasteiger partial charge in [-0.2, -0.15) is 0 Å². The van der Waals surface area contributed by atoms with Crippen molar-refractivity contribution in [1.82, 2.24) is 5.32 Å². The molecule has 1 aromatic carbocycles. The molecule has 0 aliphatic carbocycles. The summed E-state index contributed by atoms with van der Waals surface area (Å²) in [6, 6.07) is 2.35. The Morgan fingerprint density at radius 3 is 2.42 bits per heavy atom. The molecular weight excluding hydrogens is 256 g/mol. The first kappa shape index (κ1) is 15.1. The Kier molecular flexibility index (Phi) is 4.97. The molecule has 104 valence electrons. The van der Waals surface area contributed by atoms with Crippen LogP contribution < -0.4 is 5.32 Å². The Morgan fingerprint density at radius 2 is 1.89 bits per heavy atom. The standard InChI is InChI=1S/C13H15F2NO3/c1-7(2)11(13(18)19-3)16-12(17)8-5-4-6-9(14)10(8)15/h4-7,11H,1-3H3,(H,16,17)/t11-/m0/s1. The van der Waals surface area contributed by atoms with Crippen molar-refractivity contribution in [3.05, 3.63) is 35.4 Å². The highest BCUT2D eigenvalue weighted by Gasteiger charge is 2.26. The minimum absolute atomic E-state index is 0.243. The lowest BCUT2D eigenvalue weighted by Crippen LogP contribution is -2.45. The van der Waals surface area contributed by atoms with Crippen molar-refractivity contribution in [2.75, 3.05) is 7.11 Å². The second kappa shape index (κ2) is 6.26. The number of carbonyl (C=O) groups is 2. The van der Waals surface area contributed by atoms with Gasteiger partial charge in [-0.3, -0.25) is 4.79 Å². The van der Waals surface area contributed by atoms with Crippen molar-refractivity contribution in [3.8, 4) is 0 Å². The van der Waals surface area contributed by atoms with Crippen LogP contribution >= 0.6 is 0 Å². The van der Waals surface area contributed by atoms with E-state index in [1.165, 1.54) is 13.2 Å². The highest BCUT2D eigenvalue weighted by atomic mass is 19.2. The summed E-state index contributed by atoms with van der Waals surface area (Å²) < 4.78 is 31.0. The number of carbonyl (C=O) groups excluding carboxylic acids is 2. The number of methoxy groups -OCH3 is 1. The van der Waals surface area contributed by atoms with Gasteiger partial charge >= 0.3 is 5.97 Å². The van der Waals surface area contributed by atoms with Gasteiger partial charge in [0.05, 0.1) is 12.7 Å². The summed E-state index contributed by atoms with van der Waals surface area (Å²) in [4.78, 5) is 23.3. The largest absolute Gasteiger partial charge is 0.467 e. The highest BCUT2D eigenvalue weighted by molar-refractivity contribution is 5.97. The van der Waals surface area contributed by atoms with E-state index in [0.717, 1.165) is 12.1 Å². The number of ether oxygens (including phenoxy) is 1. The maximum absolute atomic E-state index is 13.4. The zero-order valence-corrected chi connectivity index (χ0v) is 10.9. The third-order valence-electron chi connectivity index (χ3n) is 2.60. The Bertz CT molecular complexity index is 489. The molecule has 1 amide bonds. The molecule has 0 fully saturated rings. The van der Waals surface area contributed by atoms with Crippen molar-refractivity contribution in [1.29, 1.82) is 0 Å². The number of hydrogen-bond donors (Lipinski definition) is 1. The van der Waals surface area contributed by atoms with Gasteiger partial charge in [-0.15, -0.1) is 0 Å². The molecule has 1 N–H and O–H groups in total. The van der Waals surface area contributed by atoms with Crippen LogP contribution in [0.3, 0.4) is 0 Å². The second-order valence-electron chi connectivity index (χ2n) is 4.32. The lowest BCUT2D eigenvalue weighted by molar-refractivity contribution is -0.144. The van der Waals surface area contributed by atoms with Crippen LogP contribution in [0, 0.1) is 17.6 Å². The molecule has 0 saturated carbocycles. The molecule has 0 aliphatic heterocycles. The summed E-state index contributed by atoms with van der Waals surface area (Å²) in [6.45, 7) is 3.40. The van der Waals surface area contributed by atoms with Crippen molar-refractivity contribution in [2.24, 2.45) is 5.92 Å². The van der Waals surface area contributed by atoms with Gasteiger partial charge in [0.25, 0.3) is 5.91 Å². The molecule has 0 saturated heterocycles.